The molecule has 1 aliphatic rings. The maximum Gasteiger partial charge on any atom is 0.219 e. The third-order valence-electron chi connectivity index (χ3n) is 9.79. The molecule has 252 valence electrons. The number of rotatable bonds is 30. The molecule has 1 amide bonds. The Morgan fingerprint density at radius 2 is 1.16 bits per heavy atom. The van der Waals surface area contributed by atoms with Crippen LogP contribution >= 0.6 is 0 Å². The molecule has 1 atom stereocenters. The number of amides is 1. The van der Waals surface area contributed by atoms with Gasteiger partial charge in [0, 0.05) is 31.4 Å². The zero-order chi connectivity index (χ0) is 31.4. The van der Waals surface area contributed by atoms with Crippen molar-refractivity contribution < 1.29 is 9.28 Å². The van der Waals surface area contributed by atoms with E-state index < -0.39 is 0 Å². The van der Waals surface area contributed by atoms with Crippen LogP contribution in [0.2, 0.25) is 0 Å². The maximum atomic E-state index is 12.5. The molecule has 1 unspecified atom stereocenters. The largest absolute Gasteiger partial charge is 0.356 e. The standard InChI is InChI=1S/C40H71N3O/c1-3-5-7-9-11-13-15-17-19-21-26-31-39-41-34-36-43(39,37-38-29-24-23-25-30-38)35-28-33-42-40(44)32-27-22-20-18-16-14-12-10-8-6-4-2/h23-25,29-30H,3-22,26-28,31-37H2,1-2H3/p+1. The quantitative estimate of drug-likeness (QED) is 0.0683. The second-order valence-corrected chi connectivity index (χ2v) is 13.8. The molecule has 0 aliphatic carbocycles. The molecule has 0 saturated carbocycles. The molecule has 1 aromatic carbocycles. The van der Waals surface area contributed by atoms with E-state index >= 15 is 0 Å². The Hall–Kier alpha value is -1.68. The molecule has 44 heavy (non-hydrogen) atoms. The van der Waals surface area contributed by atoms with Gasteiger partial charge in [-0.3, -0.25) is 9.28 Å². The number of unbranched alkanes of at least 4 members (excludes halogenated alkanes) is 20. The Morgan fingerprint density at radius 1 is 0.659 bits per heavy atom. The van der Waals surface area contributed by atoms with Gasteiger partial charge in [-0.2, -0.15) is 0 Å². The fraction of sp³-hybridized carbons (Fsp3) is 0.800. The van der Waals surface area contributed by atoms with E-state index in [0.717, 1.165) is 56.5 Å². The van der Waals surface area contributed by atoms with Crippen LogP contribution in [0.15, 0.2) is 35.3 Å². The highest BCUT2D eigenvalue weighted by Gasteiger charge is 2.37. The van der Waals surface area contributed by atoms with Crippen molar-refractivity contribution in [3.8, 4) is 0 Å². The van der Waals surface area contributed by atoms with E-state index in [1.54, 1.807) is 0 Å². The third kappa shape index (κ3) is 18.3. The highest BCUT2D eigenvalue weighted by atomic mass is 16.1. The van der Waals surface area contributed by atoms with Gasteiger partial charge in [-0.1, -0.05) is 173 Å². The zero-order valence-electron chi connectivity index (χ0n) is 29.4. The van der Waals surface area contributed by atoms with E-state index in [2.05, 4.69) is 49.5 Å². The van der Waals surface area contributed by atoms with Crippen LogP contribution in [0.3, 0.4) is 0 Å². The predicted octanol–water partition coefficient (Wildman–Crippen LogP) is 11.3. The molecule has 0 fully saturated rings. The van der Waals surface area contributed by atoms with Gasteiger partial charge in [-0.15, -0.1) is 0 Å². The van der Waals surface area contributed by atoms with E-state index in [1.807, 2.05) is 0 Å². The number of benzene rings is 1. The number of nitrogens with one attached hydrogen (secondary N) is 1. The summed E-state index contributed by atoms with van der Waals surface area (Å²) in [5.41, 5.74) is 1.40. The van der Waals surface area contributed by atoms with Crippen molar-refractivity contribution in [2.75, 3.05) is 26.2 Å². The summed E-state index contributed by atoms with van der Waals surface area (Å²) in [5, 5.41) is 3.24. The predicted molar refractivity (Wildman–Crippen MR) is 192 cm³/mol. The van der Waals surface area contributed by atoms with Crippen LogP contribution in [0.4, 0.5) is 0 Å². The minimum Gasteiger partial charge on any atom is -0.356 e. The Morgan fingerprint density at radius 3 is 1.70 bits per heavy atom. The van der Waals surface area contributed by atoms with Crippen molar-refractivity contribution in [2.45, 2.75) is 181 Å². The highest BCUT2D eigenvalue weighted by Crippen LogP contribution is 2.25. The molecule has 4 heteroatoms. The van der Waals surface area contributed by atoms with Gasteiger partial charge < -0.3 is 5.32 Å². The van der Waals surface area contributed by atoms with Crippen LogP contribution in [-0.4, -0.2) is 42.4 Å². The van der Waals surface area contributed by atoms with Gasteiger partial charge in [-0.05, 0) is 12.8 Å². The summed E-state index contributed by atoms with van der Waals surface area (Å²) in [7, 11) is 0. The summed E-state index contributed by atoms with van der Waals surface area (Å²) in [6, 6.07) is 11.0. The fourth-order valence-electron chi connectivity index (χ4n) is 6.98. The van der Waals surface area contributed by atoms with Crippen LogP contribution in [0.1, 0.15) is 180 Å². The molecule has 0 radical (unpaired) electrons. The van der Waals surface area contributed by atoms with E-state index in [1.165, 1.54) is 146 Å². The molecule has 0 aromatic heterocycles. The van der Waals surface area contributed by atoms with E-state index in [-0.39, 0.29) is 5.91 Å². The lowest BCUT2D eigenvalue weighted by Crippen LogP contribution is -2.51. The summed E-state index contributed by atoms with van der Waals surface area (Å²) < 4.78 is 0.996. The molecule has 2 rings (SSSR count). The number of aliphatic imine (C=N–C) groups is 1. The summed E-state index contributed by atoms with van der Waals surface area (Å²) in [4.78, 5) is 17.6. The van der Waals surface area contributed by atoms with Gasteiger partial charge in [0.25, 0.3) is 0 Å². The fourth-order valence-corrected chi connectivity index (χ4v) is 6.98. The van der Waals surface area contributed by atoms with Crippen LogP contribution in [0.5, 0.6) is 0 Å². The number of hydrogen-bond donors (Lipinski definition) is 1. The lowest BCUT2D eigenvalue weighted by Gasteiger charge is -2.35. The van der Waals surface area contributed by atoms with Crippen molar-refractivity contribution in [1.82, 2.24) is 5.32 Å². The Bertz CT molecular complexity index is 838. The van der Waals surface area contributed by atoms with E-state index in [0.29, 0.717) is 6.42 Å². The maximum absolute atomic E-state index is 12.5. The number of hydrogen-bond acceptors (Lipinski definition) is 2. The summed E-state index contributed by atoms with van der Waals surface area (Å²) in [5.74, 6) is 1.66. The SMILES string of the molecule is CCCCCCCCCCCCCC(=O)NCCC[N+]1(Cc2ccccc2)CCN=C1CCCCCCCCCCCCC. The van der Waals surface area contributed by atoms with Crippen molar-refractivity contribution in [1.29, 1.82) is 0 Å². The first-order chi connectivity index (χ1) is 21.7. The van der Waals surface area contributed by atoms with E-state index in [9.17, 15) is 4.79 Å². The Kier molecular flexibility index (Phi) is 23.2. The minimum atomic E-state index is 0.242. The lowest BCUT2D eigenvalue weighted by molar-refractivity contribution is -0.850. The number of nitrogens with zero attached hydrogens (tertiary/aromatic N) is 2. The van der Waals surface area contributed by atoms with Crippen LogP contribution < -0.4 is 5.32 Å². The number of carbonyl (C=O) groups is 1. The Labute approximate surface area is 273 Å². The van der Waals surface area contributed by atoms with Crippen molar-refractivity contribution in [3.05, 3.63) is 35.9 Å². The molecular formula is C40H72N3O+. The molecule has 1 aliphatic heterocycles. The summed E-state index contributed by atoms with van der Waals surface area (Å²) >= 11 is 0. The average molecular weight is 611 g/mol. The first-order valence-electron chi connectivity index (χ1n) is 19.4. The van der Waals surface area contributed by atoms with Gasteiger partial charge in [-0.25, -0.2) is 4.99 Å². The van der Waals surface area contributed by atoms with Crippen LogP contribution in [0, 0.1) is 0 Å². The topological polar surface area (TPSA) is 41.5 Å². The molecule has 4 nitrogen and oxygen atoms in total. The molecule has 1 aromatic rings. The van der Waals surface area contributed by atoms with Gasteiger partial charge in [0.05, 0.1) is 13.1 Å². The number of amidine groups is 1. The van der Waals surface area contributed by atoms with Crippen molar-refractivity contribution >= 4 is 11.7 Å². The lowest BCUT2D eigenvalue weighted by atomic mass is 10.0. The molecule has 0 saturated heterocycles. The van der Waals surface area contributed by atoms with Gasteiger partial charge in [0.2, 0.25) is 5.91 Å². The Balaban J connectivity index is 1.63. The van der Waals surface area contributed by atoms with E-state index in [4.69, 9.17) is 4.99 Å². The second-order valence-electron chi connectivity index (χ2n) is 13.8. The van der Waals surface area contributed by atoms with Gasteiger partial charge >= 0.3 is 0 Å². The summed E-state index contributed by atoms with van der Waals surface area (Å²) in [6.07, 6.45) is 32.6. The van der Waals surface area contributed by atoms with Crippen molar-refractivity contribution in [3.63, 3.8) is 0 Å². The number of carbonyl (C=O) groups excluding carboxylic acids is 1. The number of quaternary nitrogens is 1. The first kappa shape index (κ1) is 38.5. The minimum absolute atomic E-state index is 0.242. The zero-order valence-corrected chi connectivity index (χ0v) is 29.4. The second kappa shape index (κ2) is 26.5. The monoisotopic (exact) mass is 611 g/mol. The molecule has 1 heterocycles. The molecule has 0 spiro atoms. The molecule has 0 bridgehead atoms. The third-order valence-corrected chi connectivity index (χ3v) is 9.79. The van der Waals surface area contributed by atoms with Gasteiger partial charge in [0.1, 0.15) is 13.1 Å². The highest BCUT2D eigenvalue weighted by molar-refractivity contribution is 5.77. The normalized spacial score (nSPS) is 16.4. The molecule has 1 N–H and O–H groups in total. The first-order valence-corrected chi connectivity index (χ1v) is 19.4. The smallest absolute Gasteiger partial charge is 0.219 e. The molecular weight excluding hydrogens is 538 g/mol. The average Bonchev–Trinajstić information content (AvgIpc) is 3.43. The van der Waals surface area contributed by atoms with Crippen molar-refractivity contribution in [2.24, 2.45) is 4.99 Å². The van der Waals surface area contributed by atoms with Crippen LogP contribution in [-0.2, 0) is 11.3 Å². The van der Waals surface area contributed by atoms with Crippen LogP contribution in [0.25, 0.3) is 0 Å². The van der Waals surface area contributed by atoms with Gasteiger partial charge in [0.15, 0.2) is 5.84 Å². The summed E-state index contributed by atoms with van der Waals surface area (Å²) in [6.45, 7) is 9.53.